The summed E-state index contributed by atoms with van der Waals surface area (Å²) in [7, 11) is 0. The number of hydrogen-bond acceptors (Lipinski definition) is 4. The van der Waals surface area contributed by atoms with Crippen LogP contribution in [0.4, 0.5) is 11.4 Å². The maximum atomic E-state index is 12.8. The number of carbonyl (C=O) groups excluding carboxylic acids is 2. The van der Waals surface area contributed by atoms with E-state index in [4.69, 9.17) is 0 Å². The molecule has 1 aromatic heterocycles. The van der Waals surface area contributed by atoms with Crippen molar-refractivity contribution >= 4 is 34.2 Å². The molecule has 0 aliphatic carbocycles. The third kappa shape index (κ3) is 3.88. The first-order valence-electron chi connectivity index (χ1n) is 10.2. The van der Waals surface area contributed by atoms with Crippen LogP contribution in [0.3, 0.4) is 0 Å². The molecule has 1 aliphatic rings. The van der Waals surface area contributed by atoms with Crippen LogP contribution in [0, 0.1) is 5.92 Å². The molecule has 3 aromatic carbocycles. The van der Waals surface area contributed by atoms with Gasteiger partial charge in [-0.1, -0.05) is 42.5 Å². The van der Waals surface area contributed by atoms with Crippen molar-refractivity contribution in [1.29, 1.82) is 0 Å². The number of fused-ring (bicyclic) bond motifs is 1. The number of carbonyl (C=O) groups is 2. The quantitative estimate of drug-likeness (QED) is 0.547. The molecule has 2 heterocycles. The van der Waals surface area contributed by atoms with Crippen molar-refractivity contribution in [2.24, 2.45) is 5.92 Å². The highest BCUT2D eigenvalue weighted by Crippen LogP contribution is 2.27. The van der Waals surface area contributed by atoms with Crippen LogP contribution in [0.5, 0.6) is 0 Å². The molecule has 1 saturated heterocycles. The van der Waals surface area contributed by atoms with E-state index in [2.05, 4.69) is 15.3 Å². The van der Waals surface area contributed by atoms with E-state index in [0.717, 1.165) is 28.0 Å². The predicted octanol–water partition coefficient (Wildman–Crippen LogP) is 4.29. The lowest BCUT2D eigenvalue weighted by molar-refractivity contribution is -0.122. The van der Waals surface area contributed by atoms with Crippen molar-refractivity contribution in [3.05, 3.63) is 85.1 Å². The van der Waals surface area contributed by atoms with Crippen LogP contribution in [0.15, 0.2) is 85.1 Å². The van der Waals surface area contributed by atoms with E-state index in [1.807, 2.05) is 78.9 Å². The minimum absolute atomic E-state index is 0.0356. The summed E-state index contributed by atoms with van der Waals surface area (Å²) in [6, 6.07) is 24.7. The number of para-hydroxylation sites is 3. The van der Waals surface area contributed by atoms with Gasteiger partial charge in [0.25, 0.3) is 0 Å². The normalized spacial score (nSPS) is 15.9. The fourth-order valence-electron chi connectivity index (χ4n) is 3.84. The van der Waals surface area contributed by atoms with Gasteiger partial charge in [0.15, 0.2) is 0 Å². The lowest BCUT2D eigenvalue weighted by Crippen LogP contribution is -2.28. The minimum Gasteiger partial charge on any atom is -0.326 e. The highest BCUT2D eigenvalue weighted by Gasteiger charge is 2.35. The van der Waals surface area contributed by atoms with Gasteiger partial charge in [0.2, 0.25) is 11.8 Å². The molecule has 0 bridgehead atoms. The van der Waals surface area contributed by atoms with Crippen LogP contribution in [0.1, 0.15) is 6.42 Å². The number of nitrogens with zero attached hydrogens (tertiary/aromatic N) is 3. The summed E-state index contributed by atoms with van der Waals surface area (Å²) in [6.45, 7) is 0.379. The third-order valence-corrected chi connectivity index (χ3v) is 5.44. The van der Waals surface area contributed by atoms with E-state index in [-0.39, 0.29) is 18.2 Å². The van der Waals surface area contributed by atoms with E-state index in [9.17, 15) is 9.59 Å². The molecular weight excluding hydrogens is 388 g/mol. The molecule has 31 heavy (non-hydrogen) atoms. The van der Waals surface area contributed by atoms with Crippen LogP contribution >= 0.6 is 0 Å². The fourth-order valence-corrected chi connectivity index (χ4v) is 3.84. The molecule has 0 saturated carbocycles. The van der Waals surface area contributed by atoms with Crippen LogP contribution in [0.2, 0.25) is 0 Å². The van der Waals surface area contributed by atoms with Gasteiger partial charge in [0.05, 0.1) is 28.8 Å². The Balaban J connectivity index is 1.32. The van der Waals surface area contributed by atoms with Gasteiger partial charge < -0.3 is 10.2 Å². The minimum atomic E-state index is -0.392. The monoisotopic (exact) mass is 408 g/mol. The first-order valence-corrected chi connectivity index (χ1v) is 10.2. The average Bonchev–Trinajstić information content (AvgIpc) is 3.21. The van der Waals surface area contributed by atoms with E-state index in [1.165, 1.54) is 0 Å². The van der Waals surface area contributed by atoms with Crippen molar-refractivity contribution in [3.63, 3.8) is 0 Å². The Morgan fingerprint density at radius 3 is 2.55 bits per heavy atom. The van der Waals surface area contributed by atoms with Gasteiger partial charge in [-0.05, 0) is 36.4 Å². The number of aromatic nitrogens is 2. The Labute approximate surface area is 179 Å². The van der Waals surface area contributed by atoms with E-state index < -0.39 is 5.92 Å². The summed E-state index contributed by atoms with van der Waals surface area (Å²) < 4.78 is 0. The molecule has 6 heteroatoms. The van der Waals surface area contributed by atoms with Crippen LogP contribution < -0.4 is 10.2 Å². The van der Waals surface area contributed by atoms with Gasteiger partial charge in [-0.15, -0.1) is 0 Å². The van der Waals surface area contributed by atoms with Gasteiger partial charge >= 0.3 is 0 Å². The highest BCUT2D eigenvalue weighted by molar-refractivity contribution is 6.03. The van der Waals surface area contributed by atoms with Gasteiger partial charge in [-0.25, -0.2) is 4.98 Å². The second kappa shape index (κ2) is 7.99. The van der Waals surface area contributed by atoms with Gasteiger partial charge in [-0.3, -0.25) is 14.6 Å². The molecule has 1 atom stereocenters. The molecule has 2 amide bonds. The maximum absolute atomic E-state index is 12.8. The molecule has 0 spiro atoms. The Kier molecular flexibility index (Phi) is 4.88. The summed E-state index contributed by atoms with van der Waals surface area (Å²) in [5.74, 6) is -0.586. The lowest BCUT2D eigenvalue weighted by atomic mass is 10.1. The molecule has 1 N–H and O–H groups in total. The van der Waals surface area contributed by atoms with Crippen LogP contribution in [-0.4, -0.2) is 28.3 Å². The van der Waals surface area contributed by atoms with Crippen molar-refractivity contribution in [3.8, 4) is 11.3 Å². The number of benzene rings is 3. The van der Waals surface area contributed by atoms with Gasteiger partial charge in [0.1, 0.15) is 0 Å². The standard InChI is InChI=1S/C25H20N4O2/c30-24-14-18(16-29(24)20-9-2-1-3-10-20)25(31)27-19-8-6-7-17(13-19)23-15-26-21-11-4-5-12-22(21)28-23/h1-13,15,18H,14,16H2,(H,27,31)/t18-/m0/s1. The van der Waals surface area contributed by atoms with Crippen LogP contribution in [0.25, 0.3) is 22.3 Å². The second-order valence-corrected chi connectivity index (χ2v) is 7.55. The third-order valence-electron chi connectivity index (χ3n) is 5.44. The summed E-state index contributed by atoms with van der Waals surface area (Å²) in [5, 5.41) is 2.96. The molecule has 0 unspecified atom stereocenters. The summed E-state index contributed by atoms with van der Waals surface area (Å²) in [6.07, 6.45) is 1.94. The molecule has 5 rings (SSSR count). The maximum Gasteiger partial charge on any atom is 0.229 e. The number of amides is 2. The molecular formula is C25H20N4O2. The Morgan fingerprint density at radius 1 is 0.935 bits per heavy atom. The Hall–Kier alpha value is -4.06. The van der Waals surface area contributed by atoms with E-state index in [0.29, 0.717) is 12.2 Å². The Bertz CT molecular complexity index is 1270. The number of nitrogens with one attached hydrogen (secondary N) is 1. The average molecular weight is 408 g/mol. The van der Waals surface area contributed by atoms with Gasteiger partial charge in [0, 0.05) is 29.9 Å². The SMILES string of the molecule is O=C(Nc1cccc(-c2cnc3ccccc3n2)c1)[C@H]1CC(=O)N(c2ccccc2)C1. The first-order chi connectivity index (χ1) is 15.2. The molecule has 152 valence electrons. The summed E-state index contributed by atoms with van der Waals surface area (Å²) in [4.78, 5) is 36.1. The zero-order chi connectivity index (χ0) is 21.2. The summed E-state index contributed by atoms with van der Waals surface area (Å²) >= 11 is 0. The van der Waals surface area contributed by atoms with Crippen molar-refractivity contribution in [1.82, 2.24) is 9.97 Å². The zero-order valence-electron chi connectivity index (χ0n) is 16.7. The van der Waals surface area contributed by atoms with Crippen molar-refractivity contribution in [2.45, 2.75) is 6.42 Å². The highest BCUT2D eigenvalue weighted by atomic mass is 16.2. The van der Waals surface area contributed by atoms with Crippen LogP contribution in [-0.2, 0) is 9.59 Å². The largest absolute Gasteiger partial charge is 0.326 e. The number of hydrogen-bond donors (Lipinski definition) is 1. The molecule has 4 aromatic rings. The van der Waals surface area contributed by atoms with Crippen molar-refractivity contribution in [2.75, 3.05) is 16.8 Å². The van der Waals surface area contributed by atoms with E-state index in [1.54, 1.807) is 11.1 Å². The smallest absolute Gasteiger partial charge is 0.229 e. The molecule has 1 fully saturated rings. The van der Waals surface area contributed by atoms with E-state index >= 15 is 0 Å². The lowest BCUT2D eigenvalue weighted by Gasteiger charge is -2.16. The van der Waals surface area contributed by atoms with Crippen molar-refractivity contribution < 1.29 is 9.59 Å². The summed E-state index contributed by atoms with van der Waals surface area (Å²) in [5.41, 5.74) is 4.75. The predicted molar refractivity (Wildman–Crippen MR) is 121 cm³/mol. The fraction of sp³-hybridized carbons (Fsp3) is 0.120. The molecule has 0 radical (unpaired) electrons. The molecule has 6 nitrogen and oxygen atoms in total. The second-order valence-electron chi connectivity index (χ2n) is 7.55. The zero-order valence-corrected chi connectivity index (χ0v) is 16.7. The number of rotatable bonds is 4. The first kappa shape index (κ1) is 18.9. The topological polar surface area (TPSA) is 75.2 Å². The van der Waals surface area contributed by atoms with Gasteiger partial charge in [-0.2, -0.15) is 0 Å². The molecule has 1 aliphatic heterocycles. The number of anilines is 2. The Morgan fingerprint density at radius 2 is 1.71 bits per heavy atom.